The molecule has 1 aliphatic rings. The number of hydrogen-bond acceptors (Lipinski definition) is 2. The SMILES string of the molecule is Cc1cc(O)ccc1C(=O)NCC1(CCBr)CC1. The van der Waals surface area contributed by atoms with Gasteiger partial charge < -0.3 is 10.4 Å². The summed E-state index contributed by atoms with van der Waals surface area (Å²) >= 11 is 3.46. The Labute approximate surface area is 116 Å². The van der Waals surface area contributed by atoms with Crippen LogP contribution in [-0.4, -0.2) is 22.9 Å². The summed E-state index contributed by atoms with van der Waals surface area (Å²) in [4.78, 5) is 12.1. The molecule has 0 aliphatic heterocycles. The van der Waals surface area contributed by atoms with Crippen molar-refractivity contribution < 1.29 is 9.90 Å². The fourth-order valence-corrected chi connectivity index (χ4v) is 3.00. The van der Waals surface area contributed by atoms with E-state index in [2.05, 4.69) is 21.2 Å². The Bertz CT molecular complexity index is 455. The molecular formula is C14H18BrNO2. The molecule has 0 unspecified atom stereocenters. The molecule has 4 heteroatoms. The summed E-state index contributed by atoms with van der Waals surface area (Å²) in [5.41, 5.74) is 1.77. The first-order valence-corrected chi connectivity index (χ1v) is 7.32. The number of aryl methyl sites for hydroxylation is 1. The van der Waals surface area contributed by atoms with E-state index in [0.29, 0.717) is 11.0 Å². The molecule has 1 aromatic rings. The van der Waals surface area contributed by atoms with Gasteiger partial charge in [-0.1, -0.05) is 15.9 Å². The first kappa shape index (κ1) is 13.4. The van der Waals surface area contributed by atoms with Gasteiger partial charge in [0.15, 0.2) is 0 Å². The molecule has 0 bridgehead atoms. The van der Waals surface area contributed by atoms with Crippen LogP contribution in [0.4, 0.5) is 0 Å². The third-order valence-electron chi connectivity index (χ3n) is 3.66. The number of aromatic hydroxyl groups is 1. The number of alkyl halides is 1. The van der Waals surface area contributed by atoms with Crippen LogP contribution in [0.1, 0.15) is 35.2 Å². The standard InChI is InChI=1S/C14H18BrNO2/c1-10-8-11(17)2-3-12(10)13(18)16-9-14(4-5-14)6-7-15/h2-3,8,17H,4-7,9H2,1H3,(H,16,18). The van der Waals surface area contributed by atoms with E-state index < -0.39 is 0 Å². The predicted molar refractivity (Wildman–Crippen MR) is 75.3 cm³/mol. The van der Waals surface area contributed by atoms with E-state index in [-0.39, 0.29) is 11.7 Å². The van der Waals surface area contributed by atoms with Crippen LogP contribution in [0.25, 0.3) is 0 Å². The van der Waals surface area contributed by atoms with E-state index in [4.69, 9.17) is 0 Å². The topological polar surface area (TPSA) is 49.3 Å². The molecule has 1 aromatic carbocycles. The van der Waals surface area contributed by atoms with Gasteiger partial charge in [0, 0.05) is 17.4 Å². The highest BCUT2D eigenvalue weighted by Gasteiger charge is 2.41. The van der Waals surface area contributed by atoms with Crippen LogP contribution in [0, 0.1) is 12.3 Å². The number of hydrogen-bond donors (Lipinski definition) is 2. The minimum atomic E-state index is -0.0478. The minimum Gasteiger partial charge on any atom is -0.508 e. The fourth-order valence-electron chi connectivity index (χ4n) is 2.16. The van der Waals surface area contributed by atoms with Crippen molar-refractivity contribution >= 4 is 21.8 Å². The molecule has 0 atom stereocenters. The van der Waals surface area contributed by atoms with Crippen LogP contribution in [-0.2, 0) is 0 Å². The highest BCUT2D eigenvalue weighted by atomic mass is 79.9. The highest BCUT2D eigenvalue weighted by molar-refractivity contribution is 9.09. The fraction of sp³-hybridized carbons (Fsp3) is 0.500. The molecule has 0 heterocycles. The van der Waals surface area contributed by atoms with Crippen LogP contribution in [0.2, 0.25) is 0 Å². The Hall–Kier alpha value is -1.03. The third kappa shape index (κ3) is 3.05. The van der Waals surface area contributed by atoms with Crippen molar-refractivity contribution in [2.75, 3.05) is 11.9 Å². The Kier molecular flexibility index (Phi) is 3.95. The monoisotopic (exact) mass is 311 g/mol. The lowest BCUT2D eigenvalue weighted by molar-refractivity contribution is 0.0944. The van der Waals surface area contributed by atoms with Crippen molar-refractivity contribution in [2.24, 2.45) is 5.41 Å². The average Bonchev–Trinajstić information content (AvgIpc) is 3.07. The number of amides is 1. The van der Waals surface area contributed by atoms with Crippen LogP contribution in [0.15, 0.2) is 18.2 Å². The van der Waals surface area contributed by atoms with Gasteiger partial charge in [-0.3, -0.25) is 4.79 Å². The van der Waals surface area contributed by atoms with E-state index in [0.717, 1.165) is 23.9 Å². The van der Waals surface area contributed by atoms with E-state index in [1.807, 2.05) is 6.92 Å². The van der Waals surface area contributed by atoms with Crippen LogP contribution >= 0.6 is 15.9 Å². The number of nitrogens with one attached hydrogen (secondary N) is 1. The maximum Gasteiger partial charge on any atom is 0.251 e. The average molecular weight is 312 g/mol. The van der Waals surface area contributed by atoms with Crippen molar-refractivity contribution in [1.82, 2.24) is 5.32 Å². The first-order valence-electron chi connectivity index (χ1n) is 6.20. The van der Waals surface area contributed by atoms with Gasteiger partial charge in [0.2, 0.25) is 0 Å². The van der Waals surface area contributed by atoms with Gasteiger partial charge in [-0.05, 0) is 55.4 Å². The number of carbonyl (C=O) groups is 1. The zero-order chi connectivity index (χ0) is 13.2. The number of halogens is 1. The van der Waals surface area contributed by atoms with Gasteiger partial charge in [-0.2, -0.15) is 0 Å². The van der Waals surface area contributed by atoms with Crippen molar-refractivity contribution in [2.45, 2.75) is 26.2 Å². The molecule has 1 amide bonds. The number of carbonyl (C=O) groups excluding carboxylic acids is 1. The van der Waals surface area contributed by atoms with Gasteiger partial charge in [0.25, 0.3) is 5.91 Å². The lowest BCUT2D eigenvalue weighted by Crippen LogP contribution is -2.30. The molecule has 1 aliphatic carbocycles. The molecule has 1 saturated carbocycles. The first-order chi connectivity index (χ1) is 8.56. The Morgan fingerprint density at radius 1 is 1.50 bits per heavy atom. The normalized spacial score (nSPS) is 16.3. The molecule has 1 fully saturated rings. The van der Waals surface area contributed by atoms with Gasteiger partial charge in [0.05, 0.1) is 0 Å². The van der Waals surface area contributed by atoms with Gasteiger partial charge >= 0.3 is 0 Å². The number of benzene rings is 1. The van der Waals surface area contributed by atoms with Crippen molar-refractivity contribution in [1.29, 1.82) is 0 Å². The van der Waals surface area contributed by atoms with E-state index >= 15 is 0 Å². The molecule has 3 nitrogen and oxygen atoms in total. The van der Waals surface area contributed by atoms with Gasteiger partial charge in [-0.15, -0.1) is 0 Å². The summed E-state index contributed by atoms with van der Waals surface area (Å²) < 4.78 is 0. The molecule has 2 rings (SSSR count). The van der Waals surface area contributed by atoms with Crippen molar-refractivity contribution in [3.8, 4) is 5.75 Å². The molecule has 2 N–H and O–H groups in total. The van der Waals surface area contributed by atoms with Gasteiger partial charge in [0.1, 0.15) is 5.75 Å². The minimum absolute atomic E-state index is 0.0478. The quantitative estimate of drug-likeness (QED) is 0.821. The summed E-state index contributed by atoms with van der Waals surface area (Å²) in [5.74, 6) is 0.148. The summed E-state index contributed by atoms with van der Waals surface area (Å²) in [6.07, 6.45) is 3.52. The molecule has 0 radical (unpaired) electrons. The maximum atomic E-state index is 12.1. The molecule has 0 aromatic heterocycles. The highest BCUT2D eigenvalue weighted by Crippen LogP contribution is 2.48. The zero-order valence-corrected chi connectivity index (χ0v) is 12.1. The van der Waals surface area contributed by atoms with Crippen LogP contribution < -0.4 is 5.32 Å². The second-order valence-corrected chi connectivity index (χ2v) is 5.91. The Morgan fingerprint density at radius 3 is 2.78 bits per heavy atom. The molecule has 0 saturated heterocycles. The van der Waals surface area contributed by atoms with Gasteiger partial charge in [-0.25, -0.2) is 0 Å². The molecule has 0 spiro atoms. The van der Waals surface area contributed by atoms with Crippen LogP contribution in [0.3, 0.4) is 0 Å². The summed E-state index contributed by atoms with van der Waals surface area (Å²) in [6, 6.07) is 4.83. The third-order valence-corrected chi connectivity index (χ3v) is 4.06. The largest absolute Gasteiger partial charge is 0.508 e. The number of phenolic OH excluding ortho intramolecular Hbond substituents is 1. The number of phenols is 1. The van der Waals surface area contributed by atoms with Crippen molar-refractivity contribution in [3.05, 3.63) is 29.3 Å². The lowest BCUT2D eigenvalue weighted by Gasteiger charge is -2.15. The van der Waals surface area contributed by atoms with E-state index in [1.54, 1.807) is 18.2 Å². The zero-order valence-electron chi connectivity index (χ0n) is 10.5. The molecular weight excluding hydrogens is 294 g/mol. The molecule has 18 heavy (non-hydrogen) atoms. The summed E-state index contributed by atoms with van der Waals surface area (Å²) in [7, 11) is 0. The van der Waals surface area contributed by atoms with E-state index in [1.165, 1.54) is 12.8 Å². The Morgan fingerprint density at radius 2 is 2.22 bits per heavy atom. The second kappa shape index (κ2) is 5.31. The lowest BCUT2D eigenvalue weighted by atomic mass is 10.0. The van der Waals surface area contributed by atoms with Crippen LogP contribution in [0.5, 0.6) is 5.75 Å². The maximum absolute atomic E-state index is 12.1. The summed E-state index contributed by atoms with van der Waals surface area (Å²) in [5, 5.41) is 13.3. The predicted octanol–water partition coefficient (Wildman–Crippen LogP) is 3.00. The van der Waals surface area contributed by atoms with Crippen molar-refractivity contribution in [3.63, 3.8) is 0 Å². The molecule has 98 valence electrons. The smallest absolute Gasteiger partial charge is 0.251 e. The number of rotatable bonds is 5. The second-order valence-electron chi connectivity index (χ2n) is 5.12. The summed E-state index contributed by atoms with van der Waals surface area (Å²) in [6.45, 7) is 2.58. The Balaban J connectivity index is 1.96. The van der Waals surface area contributed by atoms with E-state index in [9.17, 15) is 9.90 Å².